The van der Waals surface area contributed by atoms with Gasteiger partial charge in [-0.15, -0.1) is 0 Å². The average molecular weight is 360 g/mol. The maximum Gasteiger partial charge on any atom is 0.249 e. The Morgan fingerprint density at radius 1 is 1.16 bits per heavy atom. The minimum absolute atomic E-state index is 0.340. The molecule has 0 atom stereocenters. The fourth-order valence-electron chi connectivity index (χ4n) is 1.95. The van der Waals surface area contributed by atoms with Crippen LogP contribution in [-0.4, -0.2) is 24.6 Å². The molecule has 0 unspecified atom stereocenters. The van der Waals surface area contributed by atoms with E-state index in [0.717, 1.165) is 11.3 Å². The van der Waals surface area contributed by atoms with Gasteiger partial charge in [0, 0.05) is 10.7 Å². The Hall–Kier alpha value is -2.86. The Morgan fingerprint density at radius 3 is 2.60 bits per heavy atom. The van der Waals surface area contributed by atoms with Gasteiger partial charge in [0.05, 0.1) is 12.8 Å². The number of carbonyl (C=O) groups is 2. The van der Waals surface area contributed by atoms with Crippen LogP contribution in [-0.2, 0) is 9.59 Å². The Balaban J connectivity index is 1.78. The van der Waals surface area contributed by atoms with Gasteiger partial charge in [-0.2, -0.15) is 5.10 Å². The molecule has 0 spiro atoms. The highest BCUT2D eigenvalue weighted by atomic mass is 35.5. The van der Waals surface area contributed by atoms with Crippen LogP contribution in [0.1, 0.15) is 18.9 Å². The van der Waals surface area contributed by atoms with Gasteiger partial charge >= 0.3 is 0 Å². The van der Waals surface area contributed by atoms with Crippen LogP contribution < -0.4 is 15.5 Å². The van der Waals surface area contributed by atoms with Gasteiger partial charge < -0.3 is 10.1 Å². The van der Waals surface area contributed by atoms with E-state index in [2.05, 4.69) is 15.8 Å². The molecule has 6 nitrogen and oxygen atoms in total. The second-order valence-electron chi connectivity index (χ2n) is 5.03. The summed E-state index contributed by atoms with van der Waals surface area (Å²) >= 11 is 5.83. The molecule has 0 aliphatic rings. The number of ether oxygens (including phenoxy) is 1. The van der Waals surface area contributed by atoms with Crippen LogP contribution in [0.2, 0.25) is 5.02 Å². The molecule has 2 N–H and O–H groups in total. The number of hydrazone groups is 1. The molecule has 25 heavy (non-hydrogen) atoms. The lowest BCUT2D eigenvalue weighted by Gasteiger charge is -2.05. The van der Waals surface area contributed by atoms with E-state index in [1.807, 2.05) is 31.2 Å². The number of nitrogens with zero attached hydrogens (tertiary/aromatic N) is 1. The predicted molar refractivity (Wildman–Crippen MR) is 98.0 cm³/mol. The summed E-state index contributed by atoms with van der Waals surface area (Å²) in [4.78, 5) is 23.5. The van der Waals surface area contributed by atoms with Crippen molar-refractivity contribution in [1.29, 1.82) is 0 Å². The molecule has 2 aromatic rings. The van der Waals surface area contributed by atoms with E-state index in [-0.39, 0.29) is 6.42 Å². The van der Waals surface area contributed by atoms with Crippen molar-refractivity contribution in [3.8, 4) is 5.75 Å². The van der Waals surface area contributed by atoms with Gasteiger partial charge in [0.15, 0.2) is 0 Å². The van der Waals surface area contributed by atoms with E-state index in [1.165, 1.54) is 6.21 Å². The first-order valence-corrected chi connectivity index (χ1v) is 8.05. The maximum atomic E-state index is 11.8. The third-order valence-electron chi connectivity index (χ3n) is 3.02. The number of benzene rings is 2. The molecule has 0 saturated carbocycles. The normalized spacial score (nSPS) is 10.5. The van der Waals surface area contributed by atoms with E-state index in [1.54, 1.807) is 24.3 Å². The molecular weight excluding hydrogens is 342 g/mol. The number of amides is 2. The van der Waals surface area contributed by atoms with Crippen molar-refractivity contribution in [2.45, 2.75) is 13.3 Å². The lowest BCUT2D eigenvalue weighted by atomic mass is 10.2. The number of anilines is 1. The summed E-state index contributed by atoms with van der Waals surface area (Å²) in [6.07, 6.45) is 1.15. The largest absolute Gasteiger partial charge is 0.494 e. The van der Waals surface area contributed by atoms with Crippen molar-refractivity contribution >= 4 is 35.3 Å². The molecule has 0 bridgehead atoms. The Labute approximate surface area is 150 Å². The topological polar surface area (TPSA) is 79.8 Å². The molecule has 0 aromatic heterocycles. The lowest BCUT2D eigenvalue weighted by Crippen LogP contribution is -2.24. The number of nitrogens with one attached hydrogen (secondary N) is 2. The van der Waals surface area contributed by atoms with Crippen molar-refractivity contribution in [2.24, 2.45) is 5.10 Å². The minimum atomic E-state index is -0.512. The van der Waals surface area contributed by atoms with Crippen LogP contribution in [0.5, 0.6) is 5.75 Å². The second kappa shape index (κ2) is 9.44. The Bertz CT molecular complexity index is 760. The van der Waals surface area contributed by atoms with Crippen LogP contribution in [0.25, 0.3) is 0 Å². The molecule has 0 radical (unpaired) electrons. The number of hydrogen-bond donors (Lipinski definition) is 2. The molecule has 7 heteroatoms. The summed E-state index contributed by atoms with van der Waals surface area (Å²) in [5.74, 6) is -0.195. The standard InChI is InChI=1S/C18H18ClN3O3/c1-2-25-16-8-6-13(7-9-16)12-20-22-18(24)11-17(23)21-15-5-3-4-14(19)10-15/h3-10,12H,2,11H2,1H3,(H,21,23)(H,22,24). The van der Waals surface area contributed by atoms with Gasteiger partial charge in [-0.1, -0.05) is 17.7 Å². The van der Waals surface area contributed by atoms with Crippen LogP contribution >= 0.6 is 11.6 Å². The van der Waals surface area contributed by atoms with Gasteiger partial charge in [0.1, 0.15) is 12.2 Å². The molecule has 0 fully saturated rings. The first-order valence-electron chi connectivity index (χ1n) is 7.67. The number of halogens is 1. The van der Waals surface area contributed by atoms with Crippen LogP contribution in [0.15, 0.2) is 53.6 Å². The van der Waals surface area contributed by atoms with Crippen molar-refractivity contribution < 1.29 is 14.3 Å². The summed E-state index contributed by atoms with van der Waals surface area (Å²) < 4.78 is 5.34. The molecule has 2 aromatic carbocycles. The Kier molecular flexibility index (Phi) is 6.98. The van der Waals surface area contributed by atoms with E-state index in [9.17, 15) is 9.59 Å². The smallest absolute Gasteiger partial charge is 0.249 e. The van der Waals surface area contributed by atoms with Crippen molar-refractivity contribution in [1.82, 2.24) is 5.43 Å². The van der Waals surface area contributed by atoms with Gasteiger partial charge in [0.2, 0.25) is 11.8 Å². The minimum Gasteiger partial charge on any atom is -0.494 e. The molecule has 0 heterocycles. The number of carbonyl (C=O) groups excluding carboxylic acids is 2. The zero-order valence-corrected chi connectivity index (χ0v) is 14.4. The van der Waals surface area contributed by atoms with Gasteiger partial charge in [0.25, 0.3) is 0 Å². The quantitative estimate of drug-likeness (QED) is 0.452. The highest BCUT2D eigenvalue weighted by Gasteiger charge is 2.09. The molecule has 0 aliphatic carbocycles. The van der Waals surface area contributed by atoms with Crippen molar-refractivity contribution in [2.75, 3.05) is 11.9 Å². The molecule has 0 aliphatic heterocycles. The highest BCUT2D eigenvalue weighted by molar-refractivity contribution is 6.30. The highest BCUT2D eigenvalue weighted by Crippen LogP contribution is 2.15. The van der Waals surface area contributed by atoms with Crippen LogP contribution in [0.4, 0.5) is 5.69 Å². The first-order chi connectivity index (χ1) is 12.1. The molecule has 2 rings (SSSR count). The number of rotatable bonds is 7. The summed E-state index contributed by atoms with van der Waals surface area (Å²) in [5.41, 5.74) is 3.64. The monoisotopic (exact) mass is 359 g/mol. The summed E-state index contributed by atoms with van der Waals surface area (Å²) in [5, 5.41) is 6.92. The zero-order valence-electron chi connectivity index (χ0n) is 13.7. The van der Waals surface area contributed by atoms with Crippen molar-refractivity contribution in [3.05, 3.63) is 59.1 Å². The summed E-state index contributed by atoms with van der Waals surface area (Å²) in [7, 11) is 0. The second-order valence-corrected chi connectivity index (χ2v) is 5.47. The summed E-state index contributed by atoms with van der Waals surface area (Å²) in [6.45, 7) is 2.51. The van der Waals surface area contributed by atoms with E-state index in [4.69, 9.17) is 16.3 Å². The maximum absolute atomic E-state index is 11.8. The number of hydrogen-bond acceptors (Lipinski definition) is 4. The van der Waals surface area contributed by atoms with Gasteiger partial charge in [-0.25, -0.2) is 5.43 Å². The molecule has 0 saturated heterocycles. The van der Waals surface area contributed by atoms with Crippen LogP contribution in [0.3, 0.4) is 0 Å². The SMILES string of the molecule is CCOc1ccc(C=NNC(=O)CC(=O)Nc2cccc(Cl)c2)cc1. The fourth-order valence-corrected chi connectivity index (χ4v) is 2.14. The average Bonchev–Trinajstić information content (AvgIpc) is 2.56. The van der Waals surface area contributed by atoms with E-state index < -0.39 is 11.8 Å². The third-order valence-corrected chi connectivity index (χ3v) is 3.26. The molecule has 130 valence electrons. The zero-order chi connectivity index (χ0) is 18.1. The Morgan fingerprint density at radius 2 is 1.92 bits per heavy atom. The van der Waals surface area contributed by atoms with Gasteiger partial charge in [-0.3, -0.25) is 9.59 Å². The molecular formula is C18H18ClN3O3. The predicted octanol–water partition coefficient (Wildman–Crippen LogP) is 3.22. The first kappa shape index (κ1) is 18.5. The van der Waals surface area contributed by atoms with E-state index >= 15 is 0 Å². The third kappa shape index (κ3) is 6.64. The van der Waals surface area contributed by atoms with E-state index in [0.29, 0.717) is 17.3 Å². The van der Waals surface area contributed by atoms with Crippen LogP contribution in [0, 0.1) is 0 Å². The van der Waals surface area contributed by atoms with Crippen molar-refractivity contribution in [3.63, 3.8) is 0 Å². The van der Waals surface area contributed by atoms with Gasteiger partial charge in [-0.05, 0) is 55.0 Å². The summed E-state index contributed by atoms with van der Waals surface area (Å²) in [6, 6.07) is 13.9. The lowest BCUT2D eigenvalue weighted by molar-refractivity contribution is -0.126. The fraction of sp³-hybridized carbons (Fsp3) is 0.167. The molecule has 2 amide bonds.